The zero-order valence-electron chi connectivity index (χ0n) is 19.6. The maximum atomic E-state index is 13.2. The molecule has 0 spiro atoms. The predicted octanol–water partition coefficient (Wildman–Crippen LogP) is 5.23. The van der Waals surface area contributed by atoms with Gasteiger partial charge in [0.25, 0.3) is 0 Å². The van der Waals surface area contributed by atoms with E-state index in [9.17, 15) is 4.79 Å². The number of carbonyl (C=O) groups is 1. The van der Waals surface area contributed by atoms with E-state index in [1.807, 2.05) is 42.2 Å². The number of carbonyl (C=O) groups excluding carboxylic acids is 1. The molecule has 4 rings (SSSR count). The molecule has 1 aliphatic heterocycles. The van der Waals surface area contributed by atoms with E-state index in [1.54, 1.807) is 14.2 Å². The van der Waals surface area contributed by atoms with E-state index >= 15 is 0 Å². The van der Waals surface area contributed by atoms with Crippen LogP contribution in [-0.2, 0) is 5.41 Å². The lowest BCUT2D eigenvalue weighted by molar-refractivity contribution is 0.178. The minimum absolute atomic E-state index is 0.0117. The van der Waals surface area contributed by atoms with Gasteiger partial charge in [0.15, 0.2) is 0 Å². The van der Waals surface area contributed by atoms with Crippen molar-refractivity contribution in [2.24, 2.45) is 0 Å². The van der Waals surface area contributed by atoms with Gasteiger partial charge in [0, 0.05) is 13.1 Å². The first-order valence-corrected chi connectivity index (χ1v) is 11.5. The van der Waals surface area contributed by atoms with Crippen LogP contribution in [0, 0.1) is 0 Å². The molecule has 3 aromatic rings. The molecule has 0 aliphatic carbocycles. The summed E-state index contributed by atoms with van der Waals surface area (Å²) in [6.45, 7) is 3.29. The molecule has 1 fully saturated rings. The van der Waals surface area contributed by atoms with Gasteiger partial charge in [-0.25, -0.2) is 4.79 Å². The summed E-state index contributed by atoms with van der Waals surface area (Å²) in [4.78, 5) is 15.2. The van der Waals surface area contributed by atoms with Gasteiger partial charge >= 0.3 is 6.03 Å². The van der Waals surface area contributed by atoms with Crippen molar-refractivity contribution in [2.45, 2.75) is 31.2 Å². The summed E-state index contributed by atoms with van der Waals surface area (Å²) in [6, 6.07) is 27.0. The van der Waals surface area contributed by atoms with E-state index in [4.69, 9.17) is 9.47 Å². The smallest absolute Gasteiger partial charge is 0.317 e. The van der Waals surface area contributed by atoms with Crippen LogP contribution >= 0.6 is 0 Å². The average Bonchev–Trinajstić information content (AvgIpc) is 3.36. The Morgan fingerprint density at radius 3 is 1.88 bits per heavy atom. The van der Waals surface area contributed by atoms with Crippen LogP contribution in [-0.4, -0.2) is 44.3 Å². The fourth-order valence-corrected chi connectivity index (χ4v) is 5.20. The van der Waals surface area contributed by atoms with Gasteiger partial charge in [-0.15, -0.1) is 0 Å². The van der Waals surface area contributed by atoms with Crippen molar-refractivity contribution in [3.63, 3.8) is 0 Å². The third-order valence-corrected chi connectivity index (χ3v) is 6.66. The fourth-order valence-electron chi connectivity index (χ4n) is 5.20. The zero-order chi connectivity index (χ0) is 23.3. The minimum atomic E-state index is -0.554. The average molecular weight is 445 g/mol. The Kier molecular flexibility index (Phi) is 6.87. The van der Waals surface area contributed by atoms with Gasteiger partial charge in [0.1, 0.15) is 11.5 Å². The van der Waals surface area contributed by atoms with Crippen LogP contribution in [0.25, 0.3) is 0 Å². The highest BCUT2D eigenvalue weighted by Crippen LogP contribution is 2.48. The number of ether oxygens (including phenoxy) is 2. The summed E-state index contributed by atoms with van der Waals surface area (Å²) < 4.78 is 10.9. The minimum Gasteiger partial charge on any atom is -0.497 e. The normalized spacial score (nSPS) is 15.8. The lowest BCUT2D eigenvalue weighted by atomic mass is 9.64. The number of nitrogens with one attached hydrogen (secondary N) is 1. The molecule has 0 radical (unpaired) electrons. The van der Waals surface area contributed by atoms with Crippen molar-refractivity contribution in [3.05, 3.63) is 95.6 Å². The number of amides is 2. The number of benzene rings is 3. The number of rotatable bonds is 7. The first kappa shape index (κ1) is 22.7. The van der Waals surface area contributed by atoms with Gasteiger partial charge in [0.2, 0.25) is 0 Å². The Morgan fingerprint density at radius 1 is 0.879 bits per heavy atom. The second-order valence-electron chi connectivity index (χ2n) is 8.32. The lowest BCUT2D eigenvalue weighted by Crippen LogP contribution is -2.53. The van der Waals surface area contributed by atoms with E-state index in [0.717, 1.165) is 47.6 Å². The summed E-state index contributed by atoms with van der Waals surface area (Å²) >= 11 is 0. The number of hydrogen-bond donors (Lipinski definition) is 1. The van der Waals surface area contributed by atoms with Crippen molar-refractivity contribution in [2.75, 3.05) is 27.3 Å². The molecule has 0 aromatic heterocycles. The maximum Gasteiger partial charge on any atom is 0.317 e. The second-order valence-corrected chi connectivity index (χ2v) is 8.32. The number of methoxy groups -OCH3 is 2. The monoisotopic (exact) mass is 444 g/mol. The summed E-state index contributed by atoms with van der Waals surface area (Å²) in [5.41, 5.74) is 2.85. The van der Waals surface area contributed by atoms with Crippen molar-refractivity contribution in [1.29, 1.82) is 0 Å². The lowest BCUT2D eigenvalue weighted by Gasteiger charge is -2.45. The highest BCUT2D eigenvalue weighted by Gasteiger charge is 2.49. The molecule has 0 bridgehead atoms. The Bertz CT molecular complexity index is 1000. The number of hydrogen-bond acceptors (Lipinski definition) is 3. The zero-order valence-corrected chi connectivity index (χ0v) is 19.6. The molecular weight excluding hydrogens is 412 g/mol. The highest BCUT2D eigenvalue weighted by atomic mass is 16.5. The molecule has 5 heteroatoms. The van der Waals surface area contributed by atoms with Crippen molar-refractivity contribution in [1.82, 2.24) is 10.2 Å². The van der Waals surface area contributed by atoms with Crippen LogP contribution in [0.1, 0.15) is 36.5 Å². The van der Waals surface area contributed by atoms with Crippen LogP contribution in [0.2, 0.25) is 0 Å². The van der Waals surface area contributed by atoms with Crippen LogP contribution in [0.4, 0.5) is 4.79 Å². The van der Waals surface area contributed by atoms with Crippen LogP contribution in [0.5, 0.6) is 11.5 Å². The van der Waals surface area contributed by atoms with E-state index in [1.165, 1.54) is 0 Å². The van der Waals surface area contributed by atoms with Gasteiger partial charge in [-0.05, 0) is 60.7 Å². The summed E-state index contributed by atoms with van der Waals surface area (Å²) in [7, 11) is 3.35. The molecule has 5 nitrogen and oxygen atoms in total. The first-order valence-electron chi connectivity index (χ1n) is 11.5. The predicted molar refractivity (Wildman–Crippen MR) is 131 cm³/mol. The van der Waals surface area contributed by atoms with Crippen LogP contribution in [0.3, 0.4) is 0 Å². The molecule has 0 saturated carbocycles. The van der Waals surface area contributed by atoms with Crippen molar-refractivity contribution < 1.29 is 14.3 Å². The van der Waals surface area contributed by atoms with Crippen molar-refractivity contribution >= 4 is 6.03 Å². The largest absolute Gasteiger partial charge is 0.497 e. The Labute approximate surface area is 196 Å². The summed E-state index contributed by atoms with van der Waals surface area (Å²) in [6.07, 6.45) is 1.87. The molecule has 0 unspecified atom stereocenters. The second kappa shape index (κ2) is 9.99. The molecule has 33 heavy (non-hydrogen) atoms. The molecule has 1 heterocycles. The third kappa shape index (κ3) is 4.15. The Morgan fingerprint density at radius 2 is 1.39 bits per heavy atom. The highest BCUT2D eigenvalue weighted by molar-refractivity contribution is 5.76. The van der Waals surface area contributed by atoms with E-state index in [2.05, 4.69) is 53.8 Å². The standard InChI is InChI=1S/C28H32N2O3/c1-4-29-27(31)30-20-8-11-26(30)28(21-9-6-5-7-10-21,22-12-16-24(32-2)17-13-22)23-14-18-25(33-3)19-15-23/h5-7,9-10,12-19,26H,4,8,11,20H2,1-3H3,(H,29,31)/t26-/m1/s1. The van der Waals surface area contributed by atoms with Gasteiger partial charge in [-0.3, -0.25) is 0 Å². The van der Waals surface area contributed by atoms with Crippen molar-refractivity contribution in [3.8, 4) is 11.5 Å². The third-order valence-electron chi connectivity index (χ3n) is 6.66. The Hall–Kier alpha value is -3.47. The fraction of sp³-hybridized carbons (Fsp3) is 0.321. The van der Waals surface area contributed by atoms with Gasteiger partial charge < -0.3 is 19.7 Å². The Balaban J connectivity index is 2.00. The first-order chi connectivity index (χ1) is 16.1. The topological polar surface area (TPSA) is 50.8 Å². The number of nitrogens with zero attached hydrogens (tertiary/aromatic N) is 1. The molecule has 1 aliphatic rings. The molecule has 1 saturated heterocycles. The van der Waals surface area contributed by atoms with E-state index in [0.29, 0.717) is 6.54 Å². The maximum absolute atomic E-state index is 13.2. The van der Waals surface area contributed by atoms with Gasteiger partial charge in [-0.1, -0.05) is 54.6 Å². The molecule has 172 valence electrons. The molecule has 1 N–H and O–H groups in total. The van der Waals surface area contributed by atoms with Gasteiger partial charge in [-0.2, -0.15) is 0 Å². The molecule has 1 atom stereocenters. The molecule has 3 aromatic carbocycles. The van der Waals surface area contributed by atoms with Crippen LogP contribution in [0.15, 0.2) is 78.9 Å². The van der Waals surface area contributed by atoms with E-state index in [-0.39, 0.29) is 12.1 Å². The van der Waals surface area contributed by atoms with E-state index < -0.39 is 5.41 Å². The molecular formula is C28H32N2O3. The van der Waals surface area contributed by atoms with Gasteiger partial charge in [0.05, 0.1) is 25.7 Å². The number of likely N-dealkylation sites (tertiary alicyclic amines) is 1. The summed E-state index contributed by atoms with van der Waals surface area (Å²) in [5, 5.41) is 3.03. The quantitative estimate of drug-likeness (QED) is 0.508. The van der Waals surface area contributed by atoms with Crippen LogP contribution < -0.4 is 14.8 Å². The molecule has 2 amide bonds. The summed E-state index contributed by atoms with van der Waals surface area (Å²) in [5.74, 6) is 1.62. The number of urea groups is 1. The SMILES string of the molecule is CCNC(=O)N1CCC[C@@H]1C(c1ccccc1)(c1ccc(OC)cc1)c1ccc(OC)cc1.